The number of hydrogen-bond acceptors (Lipinski definition) is 4. The number of likely N-dealkylation sites (N-methyl/N-ethyl adjacent to an activating group) is 1. The fraction of sp³-hybridized carbons (Fsp3) is 0.316. The van der Waals surface area contributed by atoms with E-state index in [1.165, 1.54) is 0 Å². The van der Waals surface area contributed by atoms with Gasteiger partial charge in [-0.1, -0.05) is 17.7 Å². The van der Waals surface area contributed by atoms with E-state index in [4.69, 9.17) is 21.3 Å². The Morgan fingerprint density at radius 1 is 1.12 bits per heavy atom. The highest BCUT2D eigenvalue weighted by Gasteiger charge is 2.27. The molecule has 2 aromatic carbocycles. The fourth-order valence-electron chi connectivity index (χ4n) is 3.14. The van der Waals surface area contributed by atoms with E-state index in [2.05, 4.69) is 16.8 Å². The highest BCUT2D eigenvalue weighted by molar-refractivity contribution is 6.31. The summed E-state index contributed by atoms with van der Waals surface area (Å²) in [5.41, 5.74) is 1.84. The molecule has 25 heavy (non-hydrogen) atoms. The largest absolute Gasteiger partial charge is 0.451 e. The molecule has 130 valence electrons. The molecule has 1 saturated heterocycles. The highest BCUT2D eigenvalue weighted by atomic mass is 35.5. The van der Waals surface area contributed by atoms with Crippen LogP contribution in [0.4, 0.5) is 10.1 Å². The van der Waals surface area contributed by atoms with E-state index in [0.29, 0.717) is 22.0 Å². The van der Waals surface area contributed by atoms with Gasteiger partial charge in [-0.15, -0.1) is 0 Å². The lowest BCUT2D eigenvalue weighted by Crippen LogP contribution is -2.47. The lowest BCUT2D eigenvalue weighted by atomic mass is 10.1. The molecule has 0 aliphatic carbocycles. The van der Waals surface area contributed by atoms with E-state index >= 15 is 0 Å². The van der Waals surface area contributed by atoms with Gasteiger partial charge in [0.15, 0.2) is 11.6 Å². The van der Waals surface area contributed by atoms with Gasteiger partial charge in [0, 0.05) is 31.2 Å². The van der Waals surface area contributed by atoms with Crippen LogP contribution in [0.25, 0.3) is 0 Å². The van der Waals surface area contributed by atoms with Crippen LogP contribution in [0.15, 0.2) is 35.3 Å². The summed E-state index contributed by atoms with van der Waals surface area (Å²) >= 11 is 6.21. The molecule has 0 saturated carbocycles. The monoisotopic (exact) mass is 359 g/mol. The molecule has 0 aromatic heterocycles. The lowest BCUT2D eigenvalue weighted by molar-refractivity contribution is 0.215. The summed E-state index contributed by atoms with van der Waals surface area (Å²) in [6, 6.07) is 8.90. The van der Waals surface area contributed by atoms with E-state index in [-0.39, 0.29) is 11.6 Å². The molecule has 4 rings (SSSR count). The minimum atomic E-state index is -0.373. The predicted octanol–water partition coefficient (Wildman–Crippen LogP) is 4.22. The van der Waals surface area contributed by atoms with E-state index in [1.807, 2.05) is 6.07 Å². The molecule has 6 heteroatoms. The molecule has 2 aliphatic rings. The topological polar surface area (TPSA) is 28.1 Å². The molecule has 0 radical (unpaired) electrons. The molecule has 0 N–H and O–H groups in total. The normalized spacial score (nSPS) is 17.3. The molecule has 1 fully saturated rings. The zero-order chi connectivity index (χ0) is 17.6. The van der Waals surface area contributed by atoms with Crippen molar-refractivity contribution < 1.29 is 9.13 Å². The number of amidine groups is 1. The third-order valence-electron chi connectivity index (χ3n) is 4.69. The summed E-state index contributed by atoms with van der Waals surface area (Å²) < 4.78 is 20.5. The molecule has 2 aliphatic heterocycles. The van der Waals surface area contributed by atoms with Gasteiger partial charge < -0.3 is 14.5 Å². The van der Waals surface area contributed by atoms with Crippen LogP contribution in [0.3, 0.4) is 0 Å². The van der Waals surface area contributed by atoms with Crippen molar-refractivity contribution in [3.8, 4) is 11.5 Å². The maximum Gasteiger partial charge on any atom is 0.188 e. The third-order valence-corrected chi connectivity index (χ3v) is 4.93. The summed E-state index contributed by atoms with van der Waals surface area (Å²) in [6.45, 7) is 5.32. The smallest absolute Gasteiger partial charge is 0.188 e. The van der Waals surface area contributed by atoms with Crippen LogP contribution in [0.5, 0.6) is 11.5 Å². The van der Waals surface area contributed by atoms with Gasteiger partial charge in [0.05, 0.1) is 5.56 Å². The average molecular weight is 360 g/mol. The van der Waals surface area contributed by atoms with Gasteiger partial charge in [0.2, 0.25) is 0 Å². The Kier molecular flexibility index (Phi) is 4.13. The Hall–Kier alpha value is -2.11. The van der Waals surface area contributed by atoms with Crippen molar-refractivity contribution in [3.05, 3.63) is 52.3 Å². The van der Waals surface area contributed by atoms with Crippen LogP contribution in [0.2, 0.25) is 5.02 Å². The second-order valence-corrected chi connectivity index (χ2v) is 6.95. The van der Waals surface area contributed by atoms with Crippen LogP contribution in [0.1, 0.15) is 11.1 Å². The molecule has 0 amide bonds. The maximum atomic E-state index is 14.6. The Morgan fingerprint density at radius 2 is 1.88 bits per heavy atom. The number of piperazine rings is 1. The first kappa shape index (κ1) is 16.4. The number of nitrogens with zero attached hydrogens (tertiary/aromatic N) is 3. The third kappa shape index (κ3) is 2.98. The fourth-order valence-corrected chi connectivity index (χ4v) is 3.31. The minimum Gasteiger partial charge on any atom is -0.451 e. The highest BCUT2D eigenvalue weighted by Crippen LogP contribution is 2.41. The van der Waals surface area contributed by atoms with E-state index < -0.39 is 0 Å². The van der Waals surface area contributed by atoms with E-state index in [0.717, 1.165) is 37.6 Å². The summed E-state index contributed by atoms with van der Waals surface area (Å²) in [7, 11) is 2.10. The van der Waals surface area contributed by atoms with Crippen molar-refractivity contribution in [2.24, 2.45) is 4.99 Å². The number of halogens is 2. The first-order valence-electron chi connectivity index (χ1n) is 8.32. The predicted molar refractivity (Wildman–Crippen MR) is 97.9 cm³/mol. The zero-order valence-corrected chi connectivity index (χ0v) is 15.0. The van der Waals surface area contributed by atoms with Crippen LogP contribution >= 0.6 is 11.6 Å². The van der Waals surface area contributed by atoms with Gasteiger partial charge >= 0.3 is 0 Å². The van der Waals surface area contributed by atoms with Crippen LogP contribution < -0.4 is 4.74 Å². The summed E-state index contributed by atoms with van der Waals surface area (Å²) in [5, 5.41) is 0.604. The Morgan fingerprint density at radius 3 is 2.64 bits per heavy atom. The molecular formula is C19H19ClFN3O. The van der Waals surface area contributed by atoms with E-state index in [9.17, 15) is 4.39 Å². The number of ether oxygens (including phenoxy) is 1. The number of aliphatic imine (C=N–C) groups is 1. The van der Waals surface area contributed by atoms with Crippen molar-refractivity contribution in [2.75, 3.05) is 33.2 Å². The average Bonchev–Trinajstić information content (AvgIpc) is 2.76. The summed E-state index contributed by atoms with van der Waals surface area (Å²) in [6.07, 6.45) is 0. The molecule has 0 spiro atoms. The van der Waals surface area contributed by atoms with Crippen LogP contribution in [-0.4, -0.2) is 48.9 Å². The Balaban J connectivity index is 1.88. The van der Waals surface area contributed by atoms with Crippen molar-refractivity contribution in [3.63, 3.8) is 0 Å². The summed E-state index contributed by atoms with van der Waals surface area (Å²) in [5.74, 6) is 1.16. The van der Waals surface area contributed by atoms with Gasteiger partial charge in [-0.3, -0.25) is 0 Å². The van der Waals surface area contributed by atoms with E-state index in [1.54, 1.807) is 31.2 Å². The van der Waals surface area contributed by atoms with Gasteiger partial charge in [0.1, 0.15) is 17.3 Å². The molecule has 4 nitrogen and oxygen atoms in total. The van der Waals surface area contributed by atoms with Gasteiger partial charge in [-0.05, 0) is 43.8 Å². The minimum absolute atomic E-state index is 0.174. The summed E-state index contributed by atoms with van der Waals surface area (Å²) in [4.78, 5) is 9.26. The Bertz CT molecular complexity index is 860. The van der Waals surface area contributed by atoms with Crippen molar-refractivity contribution in [1.82, 2.24) is 9.80 Å². The van der Waals surface area contributed by atoms with Gasteiger partial charge in [-0.25, -0.2) is 9.38 Å². The molecule has 2 heterocycles. The van der Waals surface area contributed by atoms with Crippen molar-refractivity contribution in [1.29, 1.82) is 0 Å². The first-order chi connectivity index (χ1) is 12.0. The number of fused-ring (bicyclic) bond motifs is 2. The number of rotatable bonds is 0. The molecule has 2 aromatic rings. The van der Waals surface area contributed by atoms with Crippen molar-refractivity contribution >= 4 is 23.1 Å². The van der Waals surface area contributed by atoms with Crippen molar-refractivity contribution in [2.45, 2.75) is 6.92 Å². The molecular weight excluding hydrogens is 341 g/mol. The van der Waals surface area contributed by atoms with Gasteiger partial charge in [-0.2, -0.15) is 0 Å². The zero-order valence-electron chi connectivity index (χ0n) is 14.2. The van der Waals surface area contributed by atoms with Crippen LogP contribution in [-0.2, 0) is 0 Å². The van der Waals surface area contributed by atoms with Crippen LogP contribution in [0, 0.1) is 12.7 Å². The SMILES string of the molecule is Cc1ccc2c(c1F)Oc1ccc(Cl)cc1C(N1CCN(C)CC1)=N2. The lowest BCUT2D eigenvalue weighted by Gasteiger charge is -2.34. The standard InChI is InChI=1S/C19H19ClFN3O/c1-12-3-5-15-18(17(12)21)25-16-6-4-13(20)11-14(16)19(22-15)24-9-7-23(2)8-10-24/h3-6,11H,7-10H2,1-2H3. The second kappa shape index (κ2) is 6.32. The molecule has 0 atom stereocenters. The van der Waals surface area contributed by atoms with Gasteiger partial charge in [0.25, 0.3) is 0 Å². The Labute approximate surface area is 151 Å². The maximum absolute atomic E-state index is 14.6. The number of hydrogen-bond donors (Lipinski definition) is 0. The number of benzene rings is 2. The second-order valence-electron chi connectivity index (χ2n) is 6.51. The first-order valence-corrected chi connectivity index (χ1v) is 8.70. The molecule has 0 unspecified atom stereocenters. The number of aryl methyl sites for hydroxylation is 1. The molecule has 0 bridgehead atoms. The quantitative estimate of drug-likeness (QED) is 0.705.